The van der Waals surface area contributed by atoms with Crippen LogP contribution in [-0.2, 0) is 16.0 Å². The zero-order valence-electron chi connectivity index (χ0n) is 15.8. The van der Waals surface area contributed by atoms with Gasteiger partial charge in [-0.25, -0.2) is 14.5 Å². The third kappa shape index (κ3) is 6.62. The maximum absolute atomic E-state index is 12.5. The van der Waals surface area contributed by atoms with Gasteiger partial charge in [0.05, 0.1) is 6.54 Å². The van der Waals surface area contributed by atoms with Gasteiger partial charge in [0, 0.05) is 15.8 Å². The Morgan fingerprint density at radius 2 is 1.56 bits per heavy atom. The normalized spacial score (nSPS) is 11.8. The smallest absolute Gasteiger partial charge is 0.420 e. The molecule has 0 atom stereocenters. The van der Waals surface area contributed by atoms with Crippen molar-refractivity contribution in [1.29, 1.82) is 0 Å². The molecular weight excluding hydrogens is 360 g/mol. The van der Waals surface area contributed by atoms with E-state index in [2.05, 4.69) is 0 Å². The summed E-state index contributed by atoms with van der Waals surface area (Å²) in [6.45, 7) is 12.3. The lowest BCUT2D eigenvalue weighted by Gasteiger charge is -2.28. The maximum atomic E-state index is 12.5. The lowest BCUT2D eigenvalue weighted by molar-refractivity contribution is -0.0000667. The SMILES string of the molecule is Cc1c(C(N)=S)csc1CN(C(=O)OC(C)(C)C)C(=O)OC(C)(C)C. The minimum absolute atomic E-state index is 0.0307. The molecule has 8 heteroatoms. The second-order valence-corrected chi connectivity index (χ2v) is 9.01. The molecule has 1 aromatic rings. The molecular formula is C17H26N2O4S2. The van der Waals surface area contributed by atoms with Gasteiger partial charge >= 0.3 is 12.2 Å². The van der Waals surface area contributed by atoms with Gasteiger partial charge in [-0.05, 0) is 54.0 Å². The quantitative estimate of drug-likeness (QED) is 0.777. The molecule has 0 aliphatic heterocycles. The number of carbonyl (C=O) groups is 2. The Morgan fingerprint density at radius 1 is 1.12 bits per heavy atom. The van der Waals surface area contributed by atoms with Crippen molar-refractivity contribution in [3.05, 3.63) is 21.4 Å². The van der Waals surface area contributed by atoms with Crippen LogP contribution in [0.5, 0.6) is 0 Å². The summed E-state index contributed by atoms with van der Waals surface area (Å²) in [6.07, 6.45) is -1.52. The van der Waals surface area contributed by atoms with Crippen molar-refractivity contribution in [2.75, 3.05) is 0 Å². The molecule has 2 N–H and O–H groups in total. The highest BCUT2D eigenvalue weighted by molar-refractivity contribution is 7.80. The number of imide groups is 1. The Labute approximate surface area is 158 Å². The summed E-state index contributed by atoms with van der Waals surface area (Å²) in [5.74, 6) is 0. The van der Waals surface area contributed by atoms with Crippen LogP contribution < -0.4 is 5.73 Å². The molecule has 0 unspecified atom stereocenters. The first kappa shape index (κ1) is 21.4. The molecule has 0 aliphatic carbocycles. The Morgan fingerprint density at radius 3 is 1.88 bits per heavy atom. The van der Waals surface area contributed by atoms with E-state index in [4.69, 9.17) is 27.4 Å². The molecule has 0 aromatic carbocycles. The average Bonchev–Trinajstić information content (AvgIpc) is 2.72. The number of ether oxygens (including phenoxy) is 2. The van der Waals surface area contributed by atoms with Crippen molar-refractivity contribution in [2.24, 2.45) is 5.73 Å². The van der Waals surface area contributed by atoms with Gasteiger partial charge in [-0.2, -0.15) is 0 Å². The van der Waals surface area contributed by atoms with E-state index in [1.165, 1.54) is 11.3 Å². The molecule has 0 fully saturated rings. The van der Waals surface area contributed by atoms with Gasteiger partial charge in [0.1, 0.15) is 16.2 Å². The van der Waals surface area contributed by atoms with Gasteiger partial charge in [0.25, 0.3) is 0 Å². The number of rotatable bonds is 3. The van der Waals surface area contributed by atoms with E-state index in [-0.39, 0.29) is 11.5 Å². The van der Waals surface area contributed by atoms with Gasteiger partial charge in [-0.15, -0.1) is 11.3 Å². The Kier molecular flexibility index (Phi) is 6.58. The van der Waals surface area contributed by atoms with E-state index in [0.29, 0.717) is 0 Å². The molecule has 140 valence electrons. The summed E-state index contributed by atoms with van der Waals surface area (Å²) in [7, 11) is 0. The molecule has 2 amide bonds. The number of amides is 2. The van der Waals surface area contributed by atoms with Crippen molar-refractivity contribution >= 4 is 40.7 Å². The van der Waals surface area contributed by atoms with Crippen LogP contribution in [0.2, 0.25) is 0 Å². The number of carbonyl (C=O) groups excluding carboxylic acids is 2. The molecule has 1 heterocycles. The monoisotopic (exact) mass is 386 g/mol. The first-order chi connectivity index (χ1) is 11.2. The van der Waals surface area contributed by atoms with Gasteiger partial charge in [0.15, 0.2) is 0 Å². The predicted molar refractivity (Wildman–Crippen MR) is 103 cm³/mol. The largest absolute Gasteiger partial charge is 0.443 e. The fourth-order valence-corrected chi connectivity index (χ4v) is 3.18. The predicted octanol–water partition coefficient (Wildman–Crippen LogP) is 4.36. The van der Waals surface area contributed by atoms with Crippen LogP contribution >= 0.6 is 23.6 Å². The van der Waals surface area contributed by atoms with Gasteiger partial charge in [-0.1, -0.05) is 12.2 Å². The molecule has 0 radical (unpaired) electrons. The Bertz CT molecular complexity index is 641. The summed E-state index contributed by atoms with van der Waals surface area (Å²) in [6, 6.07) is 0. The van der Waals surface area contributed by atoms with Crippen molar-refractivity contribution in [3.8, 4) is 0 Å². The Balaban J connectivity index is 3.12. The van der Waals surface area contributed by atoms with Crippen LogP contribution in [0.4, 0.5) is 9.59 Å². The lowest BCUT2D eigenvalue weighted by Crippen LogP contribution is -2.43. The third-order valence-corrected chi connectivity index (χ3v) is 4.23. The zero-order chi connectivity index (χ0) is 19.6. The van der Waals surface area contributed by atoms with E-state index in [9.17, 15) is 9.59 Å². The summed E-state index contributed by atoms with van der Waals surface area (Å²) < 4.78 is 10.7. The number of thiophene rings is 1. The number of nitrogens with zero attached hydrogens (tertiary/aromatic N) is 1. The topological polar surface area (TPSA) is 81.9 Å². The number of thiocarbonyl (C=S) groups is 1. The van der Waals surface area contributed by atoms with E-state index in [1.54, 1.807) is 41.5 Å². The maximum Gasteiger partial charge on any atom is 0.420 e. The Hall–Kier alpha value is -1.67. The van der Waals surface area contributed by atoms with E-state index < -0.39 is 23.4 Å². The average molecular weight is 387 g/mol. The molecule has 6 nitrogen and oxygen atoms in total. The lowest BCUT2D eigenvalue weighted by atomic mass is 10.1. The van der Waals surface area contributed by atoms with Crippen LogP contribution in [0.25, 0.3) is 0 Å². The number of nitrogens with two attached hydrogens (primary N) is 1. The van der Waals surface area contributed by atoms with Crippen LogP contribution in [0.15, 0.2) is 5.38 Å². The highest BCUT2D eigenvalue weighted by Gasteiger charge is 2.32. The number of hydrogen-bond acceptors (Lipinski definition) is 6. The van der Waals surface area contributed by atoms with Crippen molar-refractivity contribution in [2.45, 2.75) is 66.2 Å². The summed E-state index contributed by atoms with van der Waals surface area (Å²) >= 11 is 6.39. The van der Waals surface area contributed by atoms with E-state index in [0.717, 1.165) is 20.9 Å². The van der Waals surface area contributed by atoms with Gasteiger partial charge in [0.2, 0.25) is 0 Å². The first-order valence-electron chi connectivity index (χ1n) is 7.81. The summed E-state index contributed by atoms with van der Waals surface area (Å²) in [5.41, 5.74) is 5.81. The molecule has 0 aliphatic rings. The van der Waals surface area contributed by atoms with Crippen molar-refractivity contribution < 1.29 is 19.1 Å². The highest BCUT2D eigenvalue weighted by atomic mass is 32.1. The molecule has 1 aromatic heterocycles. The fourth-order valence-electron chi connectivity index (χ4n) is 1.84. The molecule has 25 heavy (non-hydrogen) atoms. The molecule has 0 saturated carbocycles. The molecule has 0 spiro atoms. The second kappa shape index (κ2) is 7.70. The van der Waals surface area contributed by atoms with E-state index >= 15 is 0 Å². The minimum Gasteiger partial charge on any atom is -0.443 e. The van der Waals surface area contributed by atoms with E-state index in [1.807, 2.05) is 12.3 Å². The van der Waals surface area contributed by atoms with Crippen LogP contribution in [0, 0.1) is 6.92 Å². The van der Waals surface area contributed by atoms with Crippen molar-refractivity contribution in [3.63, 3.8) is 0 Å². The molecule has 0 saturated heterocycles. The zero-order valence-corrected chi connectivity index (χ0v) is 17.4. The third-order valence-electron chi connectivity index (χ3n) is 2.94. The van der Waals surface area contributed by atoms with Gasteiger partial charge in [-0.3, -0.25) is 0 Å². The van der Waals surface area contributed by atoms with Gasteiger partial charge < -0.3 is 15.2 Å². The highest BCUT2D eigenvalue weighted by Crippen LogP contribution is 2.25. The summed E-state index contributed by atoms with van der Waals surface area (Å²) in [4.78, 5) is 27.0. The number of hydrogen-bond donors (Lipinski definition) is 1. The standard InChI is InChI=1S/C17H26N2O4S2/c1-10-11(13(18)24)9-25-12(10)8-19(14(20)22-16(2,3)4)15(21)23-17(5,6)7/h9H,8H2,1-7H3,(H2,18,24). The van der Waals surface area contributed by atoms with Crippen molar-refractivity contribution in [1.82, 2.24) is 4.90 Å². The fraction of sp³-hybridized carbons (Fsp3) is 0.588. The summed E-state index contributed by atoms with van der Waals surface area (Å²) in [5, 5.41) is 1.81. The molecule has 1 rings (SSSR count). The van der Waals surface area contributed by atoms with Crippen LogP contribution in [0.3, 0.4) is 0 Å². The molecule has 0 bridgehead atoms. The second-order valence-electron chi connectivity index (χ2n) is 7.61. The van der Waals surface area contributed by atoms with Crippen LogP contribution in [0.1, 0.15) is 57.5 Å². The minimum atomic E-state index is -0.758. The first-order valence-corrected chi connectivity index (χ1v) is 9.10. The van der Waals surface area contributed by atoms with Crippen LogP contribution in [-0.4, -0.2) is 33.3 Å².